The summed E-state index contributed by atoms with van der Waals surface area (Å²) in [7, 11) is -4.30. The van der Waals surface area contributed by atoms with Crippen LogP contribution in [0.1, 0.15) is 40.3 Å². The highest BCUT2D eigenvalue weighted by atomic mass is 31.2. The van der Waals surface area contributed by atoms with Gasteiger partial charge in [-0.2, -0.15) is 13.1 Å². The zero-order valence-electron chi connectivity index (χ0n) is 21.4. The van der Waals surface area contributed by atoms with E-state index in [0.717, 1.165) is 0 Å². The van der Waals surface area contributed by atoms with Gasteiger partial charge in [0.15, 0.2) is 8.07 Å². The van der Waals surface area contributed by atoms with E-state index < -0.39 is 15.3 Å². The topological polar surface area (TPSA) is 0 Å². The Hall–Kier alpha value is -2.47. The molecule has 0 saturated carbocycles. The first-order chi connectivity index (χ1) is 16.3. The molecule has 0 saturated heterocycles. The lowest BCUT2D eigenvalue weighted by Crippen LogP contribution is -2.88. The Morgan fingerprint density at radius 2 is 0.882 bits per heavy atom. The zero-order valence-corrected chi connectivity index (χ0v) is 23.3. The first kappa shape index (κ1) is 22.0. The summed E-state index contributed by atoms with van der Waals surface area (Å²) in [6.07, 6.45) is 2.60. The van der Waals surface area contributed by atoms with Crippen molar-refractivity contribution in [3.63, 3.8) is 0 Å². The first-order valence-corrected chi connectivity index (χ1v) is 16.2. The number of aryl methyl sites for hydroxylation is 6. The highest BCUT2D eigenvalue weighted by Crippen LogP contribution is 2.61. The van der Waals surface area contributed by atoms with Gasteiger partial charge >= 0.3 is 0 Å². The molecule has 3 heterocycles. The molecule has 0 spiro atoms. The van der Waals surface area contributed by atoms with Gasteiger partial charge in [0.05, 0.1) is 15.9 Å². The molecule has 0 N–H and O–H groups in total. The molecule has 0 nitrogen and oxygen atoms in total. The van der Waals surface area contributed by atoms with E-state index >= 15 is 0 Å². The maximum atomic E-state index is 2.60. The van der Waals surface area contributed by atoms with E-state index in [1.54, 1.807) is 31.5 Å². The summed E-state index contributed by atoms with van der Waals surface area (Å²) in [5, 5.41) is 11.3. The molecule has 0 radical (unpaired) electrons. The van der Waals surface area contributed by atoms with Gasteiger partial charge in [-0.3, -0.25) is 0 Å². The first-order valence-electron chi connectivity index (χ1n) is 12.4. The van der Waals surface area contributed by atoms with Crippen LogP contribution >= 0.6 is 7.26 Å². The van der Waals surface area contributed by atoms with E-state index in [1.165, 1.54) is 38.6 Å². The number of rotatable bonds is 2. The van der Waals surface area contributed by atoms with Gasteiger partial charge in [-0.15, -0.1) is 0 Å². The second kappa shape index (κ2) is 7.26. The van der Waals surface area contributed by atoms with Crippen LogP contribution in [0, 0.1) is 47.7 Å². The SMILES string of the molecule is C[CH-][P+]12c3cc(C)c(C)cc3[Si](c3ccccc3)(c3cc(C)c(C)cc31)c1cc(C)c(C)cc12. The van der Waals surface area contributed by atoms with Gasteiger partial charge in [0, 0.05) is 0 Å². The van der Waals surface area contributed by atoms with Gasteiger partial charge < -0.3 is 0 Å². The fourth-order valence-corrected chi connectivity index (χ4v) is 19.0. The summed E-state index contributed by atoms with van der Waals surface area (Å²) < 4.78 is 0. The molecule has 0 unspecified atom stereocenters. The third kappa shape index (κ3) is 2.48. The van der Waals surface area contributed by atoms with Crippen LogP contribution in [0.5, 0.6) is 0 Å². The lowest BCUT2D eigenvalue weighted by molar-refractivity contribution is 1.34. The molecule has 34 heavy (non-hydrogen) atoms. The summed E-state index contributed by atoms with van der Waals surface area (Å²) in [5.74, 6) is 0. The van der Waals surface area contributed by atoms with Crippen molar-refractivity contribution >= 4 is 52.0 Å². The van der Waals surface area contributed by atoms with E-state index in [4.69, 9.17) is 0 Å². The average molecular weight is 477 g/mol. The van der Waals surface area contributed by atoms with Gasteiger partial charge in [-0.25, -0.2) is 0 Å². The molecule has 170 valence electrons. The number of benzene rings is 4. The summed E-state index contributed by atoms with van der Waals surface area (Å²) >= 11 is 0. The van der Waals surface area contributed by atoms with Gasteiger partial charge in [0.2, 0.25) is 0 Å². The Balaban J connectivity index is 1.94. The Kier molecular flexibility index (Phi) is 4.71. The predicted molar refractivity (Wildman–Crippen MR) is 154 cm³/mol. The van der Waals surface area contributed by atoms with Gasteiger partial charge in [0.25, 0.3) is 0 Å². The summed E-state index contributed by atoms with van der Waals surface area (Å²) in [6.45, 7) is 16.1. The fraction of sp³-hybridized carbons (Fsp3) is 0.219. The molecular weight excluding hydrogens is 443 g/mol. The van der Waals surface area contributed by atoms with Crippen molar-refractivity contribution in [3.8, 4) is 0 Å². The normalized spacial score (nSPS) is 21.7. The molecule has 2 heteroatoms. The second-order valence-electron chi connectivity index (χ2n) is 10.5. The van der Waals surface area contributed by atoms with Gasteiger partial charge in [0.1, 0.15) is 0 Å². The van der Waals surface area contributed by atoms with Gasteiger partial charge in [-0.05, 0) is 121 Å². The zero-order chi connectivity index (χ0) is 24.0. The average Bonchev–Trinajstić information content (AvgIpc) is 2.82. The van der Waals surface area contributed by atoms with E-state index in [-0.39, 0.29) is 0 Å². The molecule has 0 atom stereocenters. The molecule has 0 aliphatic carbocycles. The smallest absolute Gasteiger partial charge is 0.156 e. The Morgan fingerprint density at radius 3 is 1.24 bits per heavy atom. The highest BCUT2D eigenvalue weighted by molar-refractivity contribution is 8.00. The molecule has 0 fully saturated rings. The lowest BCUT2D eigenvalue weighted by Gasteiger charge is -2.54. The monoisotopic (exact) mass is 476 g/mol. The van der Waals surface area contributed by atoms with Crippen molar-refractivity contribution in [2.75, 3.05) is 0 Å². The summed E-state index contributed by atoms with van der Waals surface area (Å²) in [4.78, 5) is 0. The predicted octanol–water partition coefficient (Wildman–Crippen LogP) is 4.02. The Morgan fingerprint density at radius 1 is 0.529 bits per heavy atom. The van der Waals surface area contributed by atoms with Crippen LogP contribution in [0.3, 0.4) is 0 Å². The third-order valence-electron chi connectivity index (χ3n) is 8.78. The Bertz CT molecular complexity index is 1350. The van der Waals surface area contributed by atoms with Crippen molar-refractivity contribution in [2.45, 2.75) is 48.5 Å². The maximum Gasteiger partial charge on any atom is 0.193 e. The third-order valence-corrected chi connectivity index (χ3v) is 18.4. The van der Waals surface area contributed by atoms with Crippen LogP contribution in [0.4, 0.5) is 0 Å². The minimum Gasteiger partial charge on any atom is -0.156 e. The van der Waals surface area contributed by atoms with Crippen LogP contribution in [0.15, 0.2) is 66.7 Å². The largest absolute Gasteiger partial charge is 0.193 e. The van der Waals surface area contributed by atoms with Crippen molar-refractivity contribution in [3.05, 3.63) is 106 Å². The molecular formula is C32H33PSi. The van der Waals surface area contributed by atoms with Crippen molar-refractivity contribution in [1.82, 2.24) is 0 Å². The van der Waals surface area contributed by atoms with E-state index in [9.17, 15) is 0 Å². The molecule has 2 bridgehead atoms. The van der Waals surface area contributed by atoms with Gasteiger partial charge in [-0.1, -0.05) is 48.5 Å². The fourth-order valence-electron chi connectivity index (χ4n) is 6.58. The van der Waals surface area contributed by atoms with Crippen LogP contribution < -0.4 is 36.7 Å². The van der Waals surface area contributed by atoms with E-state index in [2.05, 4.69) is 121 Å². The maximum absolute atomic E-state index is 2.60. The number of hydrogen-bond donors (Lipinski definition) is 0. The Labute approximate surface area is 206 Å². The van der Waals surface area contributed by atoms with Crippen LogP contribution in [-0.4, -0.2) is 8.07 Å². The summed E-state index contributed by atoms with van der Waals surface area (Å²) in [6, 6.07) is 26.9. The lowest BCUT2D eigenvalue weighted by atomic mass is 10.1. The number of hydrogen-bond acceptors (Lipinski definition) is 0. The second-order valence-corrected chi connectivity index (χ2v) is 17.6. The molecule has 0 aromatic heterocycles. The molecule has 7 rings (SSSR count). The van der Waals surface area contributed by atoms with E-state index in [1.807, 2.05) is 0 Å². The molecule has 3 aliphatic rings. The molecule has 4 aromatic rings. The molecule has 3 aliphatic heterocycles. The van der Waals surface area contributed by atoms with Crippen molar-refractivity contribution in [1.29, 1.82) is 0 Å². The van der Waals surface area contributed by atoms with Crippen molar-refractivity contribution < 1.29 is 0 Å². The van der Waals surface area contributed by atoms with Crippen LogP contribution in [0.25, 0.3) is 0 Å². The minimum absolute atomic E-state index is 1.42. The summed E-state index contributed by atoms with van der Waals surface area (Å²) in [5.41, 5.74) is 8.50. The van der Waals surface area contributed by atoms with Crippen LogP contribution in [0.2, 0.25) is 0 Å². The van der Waals surface area contributed by atoms with Crippen LogP contribution in [-0.2, 0) is 0 Å². The minimum atomic E-state index is -2.45. The highest BCUT2D eigenvalue weighted by Gasteiger charge is 2.62. The molecule has 4 aromatic carbocycles. The van der Waals surface area contributed by atoms with E-state index in [0.29, 0.717) is 0 Å². The standard InChI is InChI=1S/C32H33PSi/c1-8-33-27-14-20(2)23(5)17-30(27)34(26-12-10-9-11-13-26,31-18-24(6)21(3)15-28(31)33)32-19-25(7)22(4)16-29(32)33/h8-19H,1-7H3. The molecule has 0 amide bonds. The quantitative estimate of drug-likeness (QED) is 0.233. The van der Waals surface area contributed by atoms with Crippen molar-refractivity contribution in [2.24, 2.45) is 0 Å².